The van der Waals surface area contributed by atoms with Crippen LogP contribution in [0.5, 0.6) is 0 Å². The summed E-state index contributed by atoms with van der Waals surface area (Å²) in [5.41, 5.74) is 2.73. The number of nitrogens with one attached hydrogen (secondary N) is 3. The van der Waals surface area contributed by atoms with Crippen LogP contribution in [0.1, 0.15) is 35.6 Å². The molecule has 3 aromatic heterocycles. The molecule has 1 aliphatic heterocycles. The van der Waals surface area contributed by atoms with Gasteiger partial charge in [0, 0.05) is 36.5 Å². The van der Waals surface area contributed by atoms with Crippen LogP contribution in [-0.2, 0) is 19.5 Å². The van der Waals surface area contributed by atoms with E-state index >= 15 is 0 Å². The van der Waals surface area contributed by atoms with Crippen LogP contribution in [0.15, 0.2) is 30.3 Å². The lowest BCUT2D eigenvalue weighted by molar-refractivity contribution is 0.0954. The molecule has 0 saturated carbocycles. The minimum atomic E-state index is -0.324. The van der Waals surface area contributed by atoms with Gasteiger partial charge in [-0.25, -0.2) is 4.98 Å². The number of rotatable bonds is 6. The third-order valence-electron chi connectivity index (χ3n) is 5.33. The molecule has 4 heterocycles. The van der Waals surface area contributed by atoms with Crippen molar-refractivity contribution < 1.29 is 9.59 Å². The van der Waals surface area contributed by atoms with Crippen molar-refractivity contribution in [1.82, 2.24) is 35.8 Å². The number of amides is 2. The van der Waals surface area contributed by atoms with Crippen LogP contribution in [0.25, 0.3) is 11.4 Å². The van der Waals surface area contributed by atoms with E-state index in [4.69, 9.17) is 11.6 Å². The molecule has 2 amide bonds. The maximum Gasteiger partial charge on any atom is 0.284 e. The minimum Gasteiger partial charge on any atom is -0.347 e. The van der Waals surface area contributed by atoms with E-state index in [1.165, 1.54) is 22.7 Å². The highest BCUT2D eigenvalue weighted by Crippen LogP contribution is 2.31. The van der Waals surface area contributed by atoms with Gasteiger partial charge in [0.2, 0.25) is 5.82 Å². The van der Waals surface area contributed by atoms with Gasteiger partial charge in [-0.3, -0.25) is 9.59 Å². The zero-order chi connectivity index (χ0) is 23.7. The summed E-state index contributed by atoms with van der Waals surface area (Å²) in [6.45, 7) is 1.87. The summed E-state index contributed by atoms with van der Waals surface area (Å²) in [7, 11) is 2.05. The average Bonchev–Trinajstić information content (AvgIpc) is 3.58. The maximum absolute atomic E-state index is 13.2. The zero-order valence-electron chi connectivity index (χ0n) is 18.0. The number of thiophene rings is 1. The molecule has 10 nitrogen and oxygen atoms in total. The first-order valence-corrected chi connectivity index (χ1v) is 12.4. The van der Waals surface area contributed by atoms with E-state index in [1.807, 2.05) is 19.2 Å². The van der Waals surface area contributed by atoms with Gasteiger partial charge in [-0.1, -0.05) is 23.7 Å². The predicted molar refractivity (Wildman–Crippen MR) is 130 cm³/mol. The molecule has 0 atom stereocenters. The first-order chi connectivity index (χ1) is 16.5. The molecule has 0 unspecified atom stereocenters. The Balaban J connectivity index is 1.42. The monoisotopic (exact) mass is 514 g/mol. The number of likely N-dealkylation sites (N-methyl/N-ethyl adjacent to an activating group) is 1. The second kappa shape index (κ2) is 9.58. The number of thiazole rings is 1. The van der Waals surface area contributed by atoms with Crippen molar-refractivity contribution in [3.63, 3.8) is 0 Å². The van der Waals surface area contributed by atoms with Gasteiger partial charge in [-0.15, -0.1) is 32.9 Å². The zero-order valence-corrected chi connectivity index (χ0v) is 20.4. The fraction of sp³-hybridized carbons (Fsp3) is 0.238. The van der Waals surface area contributed by atoms with Gasteiger partial charge in [0.05, 0.1) is 20.6 Å². The number of para-hydroxylation sites is 1. The smallest absolute Gasteiger partial charge is 0.284 e. The van der Waals surface area contributed by atoms with E-state index in [2.05, 4.69) is 41.1 Å². The van der Waals surface area contributed by atoms with Gasteiger partial charge < -0.3 is 15.5 Å². The highest BCUT2D eigenvalue weighted by molar-refractivity contribution is 7.18. The maximum atomic E-state index is 13.2. The number of fused-ring (bicyclic) bond motifs is 1. The lowest BCUT2D eigenvalue weighted by Gasteiger charge is -2.20. The number of H-pyrrole nitrogens is 1. The molecule has 34 heavy (non-hydrogen) atoms. The fourth-order valence-electron chi connectivity index (χ4n) is 3.64. The number of tetrazole rings is 1. The summed E-state index contributed by atoms with van der Waals surface area (Å²) in [6, 6.07) is 8.76. The van der Waals surface area contributed by atoms with Gasteiger partial charge in [0.1, 0.15) is 0 Å². The molecule has 4 aromatic rings. The second-order valence-corrected chi connectivity index (χ2v) is 10.5. The topological polar surface area (TPSA) is 129 Å². The van der Waals surface area contributed by atoms with E-state index in [-0.39, 0.29) is 18.4 Å². The Kier molecular flexibility index (Phi) is 6.37. The summed E-state index contributed by atoms with van der Waals surface area (Å²) in [6.07, 6.45) is 0.819. The first kappa shape index (κ1) is 22.6. The van der Waals surface area contributed by atoms with Crippen molar-refractivity contribution in [3.8, 4) is 11.4 Å². The van der Waals surface area contributed by atoms with Crippen LogP contribution in [0.2, 0.25) is 4.34 Å². The number of hydrogen-bond acceptors (Lipinski definition) is 9. The molecule has 13 heteroatoms. The minimum absolute atomic E-state index is 0.175. The fourth-order valence-corrected chi connectivity index (χ4v) is 5.69. The van der Waals surface area contributed by atoms with E-state index in [1.54, 1.807) is 18.2 Å². The average molecular weight is 515 g/mol. The SMILES string of the molecule is CN1CCc2nc(C(=O)Nc3c(CNC(=O)c4ccc(Cl)s4)cccc3-c3nn[nH]n3)sc2C1. The Morgan fingerprint density at radius 3 is 2.85 bits per heavy atom. The van der Waals surface area contributed by atoms with Crippen LogP contribution in [0.3, 0.4) is 0 Å². The third kappa shape index (κ3) is 4.71. The number of carbonyl (C=O) groups excluding carboxylic acids is 2. The Bertz CT molecular complexity index is 1350. The number of hydrogen-bond donors (Lipinski definition) is 3. The van der Waals surface area contributed by atoms with Crippen molar-refractivity contribution in [2.24, 2.45) is 0 Å². The van der Waals surface area contributed by atoms with Crippen LogP contribution in [0, 0.1) is 0 Å². The summed E-state index contributed by atoms with van der Waals surface area (Å²) >= 11 is 8.54. The van der Waals surface area contributed by atoms with Crippen LogP contribution >= 0.6 is 34.3 Å². The van der Waals surface area contributed by atoms with Gasteiger partial charge in [0.15, 0.2) is 5.01 Å². The Labute approximate surface area is 207 Å². The van der Waals surface area contributed by atoms with Gasteiger partial charge in [-0.05, 0) is 36.0 Å². The summed E-state index contributed by atoms with van der Waals surface area (Å²) in [4.78, 5) is 34.1. The predicted octanol–water partition coefficient (Wildman–Crippen LogP) is 3.21. The number of halogens is 1. The number of aromatic nitrogens is 5. The molecule has 5 rings (SSSR count). The third-order valence-corrected chi connectivity index (χ3v) is 7.64. The standard InChI is InChI=1S/C21H19ClN8O2S2/c1-30-8-7-13-15(10-30)34-21(24-13)20(32)25-17-11(3-2-4-12(17)18-26-28-29-27-18)9-23-19(31)14-5-6-16(22)33-14/h2-6H,7-10H2,1H3,(H,23,31)(H,25,32)(H,26,27,28,29). The quantitative estimate of drug-likeness (QED) is 0.360. The largest absolute Gasteiger partial charge is 0.347 e. The van der Waals surface area contributed by atoms with Crippen LogP contribution < -0.4 is 10.6 Å². The van der Waals surface area contributed by atoms with E-state index in [0.717, 1.165) is 30.1 Å². The van der Waals surface area contributed by atoms with Crippen molar-refractivity contribution >= 4 is 51.8 Å². The summed E-state index contributed by atoms with van der Waals surface area (Å²) in [5.74, 6) is -0.250. The van der Waals surface area contributed by atoms with Crippen LogP contribution in [0.4, 0.5) is 5.69 Å². The molecule has 1 aliphatic rings. The Morgan fingerprint density at radius 2 is 2.09 bits per heavy atom. The van der Waals surface area contributed by atoms with Gasteiger partial charge >= 0.3 is 0 Å². The second-order valence-electron chi connectivity index (χ2n) is 7.69. The molecular weight excluding hydrogens is 496 g/mol. The molecule has 174 valence electrons. The molecule has 0 radical (unpaired) electrons. The van der Waals surface area contributed by atoms with Crippen molar-refractivity contribution in [2.45, 2.75) is 19.5 Å². The van der Waals surface area contributed by atoms with Crippen LogP contribution in [-0.4, -0.2) is 55.9 Å². The van der Waals surface area contributed by atoms with Crippen molar-refractivity contribution in [3.05, 3.63) is 60.7 Å². The number of carbonyl (C=O) groups is 2. The van der Waals surface area contributed by atoms with E-state index < -0.39 is 0 Å². The number of aromatic amines is 1. The molecular formula is C21H19ClN8O2S2. The molecule has 0 saturated heterocycles. The highest BCUT2D eigenvalue weighted by atomic mass is 35.5. The lowest BCUT2D eigenvalue weighted by atomic mass is 10.1. The number of anilines is 1. The molecule has 0 spiro atoms. The van der Waals surface area contributed by atoms with E-state index in [0.29, 0.717) is 36.9 Å². The summed E-state index contributed by atoms with van der Waals surface area (Å²) in [5, 5.41) is 20.4. The Morgan fingerprint density at radius 1 is 1.21 bits per heavy atom. The number of benzene rings is 1. The summed E-state index contributed by atoms with van der Waals surface area (Å²) < 4.78 is 0.537. The van der Waals surface area contributed by atoms with Crippen molar-refractivity contribution in [1.29, 1.82) is 0 Å². The molecule has 3 N–H and O–H groups in total. The first-order valence-electron chi connectivity index (χ1n) is 10.4. The highest BCUT2D eigenvalue weighted by Gasteiger charge is 2.23. The van der Waals surface area contributed by atoms with Crippen molar-refractivity contribution in [2.75, 3.05) is 18.9 Å². The molecule has 0 aliphatic carbocycles. The molecule has 0 bridgehead atoms. The Hall–Kier alpha value is -3.19. The van der Waals surface area contributed by atoms with E-state index in [9.17, 15) is 9.59 Å². The number of nitrogens with zero attached hydrogens (tertiary/aromatic N) is 5. The van der Waals surface area contributed by atoms with Gasteiger partial charge in [-0.2, -0.15) is 5.21 Å². The molecule has 1 aromatic carbocycles. The molecule has 0 fully saturated rings. The normalized spacial score (nSPS) is 13.5. The van der Waals surface area contributed by atoms with Gasteiger partial charge in [0.25, 0.3) is 11.8 Å². The lowest BCUT2D eigenvalue weighted by Crippen LogP contribution is -2.25.